The normalized spacial score (nSPS) is 14.5. The summed E-state index contributed by atoms with van der Waals surface area (Å²) in [5.74, 6) is -0.129. The van der Waals surface area contributed by atoms with Gasteiger partial charge in [0, 0.05) is 32.6 Å². The van der Waals surface area contributed by atoms with E-state index in [1.807, 2.05) is 30.3 Å². The van der Waals surface area contributed by atoms with Crippen LogP contribution < -0.4 is 0 Å². The largest absolute Gasteiger partial charge is 0.451 e. The lowest BCUT2D eigenvalue weighted by atomic mass is 9.84. The molecule has 0 atom stereocenters. The second-order valence-electron chi connectivity index (χ2n) is 5.43. The summed E-state index contributed by atoms with van der Waals surface area (Å²) in [5.41, 5.74) is 0.928. The summed E-state index contributed by atoms with van der Waals surface area (Å²) in [6, 6.07) is 9.45. The van der Waals surface area contributed by atoms with Crippen molar-refractivity contribution in [3.05, 3.63) is 35.9 Å². The van der Waals surface area contributed by atoms with E-state index in [-0.39, 0.29) is 31.3 Å². The third-order valence-electron chi connectivity index (χ3n) is 3.71. The topological polar surface area (TPSA) is 90.3 Å². The van der Waals surface area contributed by atoms with Gasteiger partial charge in [0.25, 0.3) is 0 Å². The number of rotatable bonds is 5. The molecule has 0 bridgehead atoms. The molecule has 1 aliphatic heterocycles. The van der Waals surface area contributed by atoms with E-state index in [2.05, 4.69) is 0 Å². The Hall–Kier alpha value is -2.06. The van der Waals surface area contributed by atoms with Crippen LogP contribution in [0.25, 0.3) is 0 Å². The van der Waals surface area contributed by atoms with Crippen molar-refractivity contribution < 1.29 is 24.4 Å². The van der Waals surface area contributed by atoms with Crippen LogP contribution in [0.1, 0.15) is 12.0 Å². The van der Waals surface area contributed by atoms with Crippen molar-refractivity contribution in [1.82, 2.24) is 9.80 Å². The minimum Gasteiger partial charge on any atom is -0.445 e. The SMILES string of the molecule is O=C(CCB(O)O)N1CCN(C(=O)OCc2ccccc2)CC1. The van der Waals surface area contributed by atoms with Gasteiger partial charge in [0.2, 0.25) is 5.91 Å². The van der Waals surface area contributed by atoms with E-state index in [1.165, 1.54) is 0 Å². The van der Waals surface area contributed by atoms with E-state index >= 15 is 0 Å². The first-order valence-corrected chi connectivity index (χ1v) is 7.66. The van der Waals surface area contributed by atoms with E-state index in [1.54, 1.807) is 9.80 Å². The van der Waals surface area contributed by atoms with Gasteiger partial charge in [0.05, 0.1) is 0 Å². The Kier molecular flexibility index (Phi) is 6.43. The number of carbonyl (C=O) groups excluding carboxylic acids is 2. The quantitative estimate of drug-likeness (QED) is 0.763. The van der Waals surface area contributed by atoms with Crippen LogP contribution in [0.4, 0.5) is 4.79 Å². The molecule has 0 aromatic heterocycles. The fourth-order valence-corrected chi connectivity index (χ4v) is 2.36. The van der Waals surface area contributed by atoms with Gasteiger partial charge in [-0.25, -0.2) is 4.79 Å². The summed E-state index contributed by atoms with van der Waals surface area (Å²) in [5, 5.41) is 17.6. The zero-order chi connectivity index (χ0) is 16.7. The Bertz CT molecular complexity index is 518. The van der Waals surface area contributed by atoms with Crippen molar-refractivity contribution in [2.24, 2.45) is 0 Å². The summed E-state index contributed by atoms with van der Waals surface area (Å²) >= 11 is 0. The average Bonchev–Trinajstić information content (AvgIpc) is 2.58. The zero-order valence-corrected chi connectivity index (χ0v) is 12.9. The molecule has 1 saturated heterocycles. The predicted octanol–water partition coefficient (Wildman–Crippen LogP) is 0.330. The molecule has 7 nitrogen and oxygen atoms in total. The molecule has 1 aliphatic rings. The van der Waals surface area contributed by atoms with Crippen LogP contribution >= 0.6 is 0 Å². The molecule has 0 spiro atoms. The zero-order valence-electron chi connectivity index (χ0n) is 12.9. The number of carbonyl (C=O) groups is 2. The van der Waals surface area contributed by atoms with Gasteiger partial charge in [-0.05, 0) is 11.9 Å². The lowest BCUT2D eigenvalue weighted by molar-refractivity contribution is -0.132. The molecule has 2 rings (SSSR count). The van der Waals surface area contributed by atoms with Crippen LogP contribution in [0.15, 0.2) is 30.3 Å². The van der Waals surface area contributed by atoms with Crippen LogP contribution in [-0.2, 0) is 16.1 Å². The summed E-state index contributed by atoms with van der Waals surface area (Å²) in [6.07, 6.45) is -0.263. The summed E-state index contributed by atoms with van der Waals surface area (Å²) < 4.78 is 5.26. The Balaban J connectivity index is 1.71. The molecule has 0 saturated carbocycles. The molecule has 0 aliphatic carbocycles. The number of hydrogen-bond donors (Lipinski definition) is 2. The third kappa shape index (κ3) is 5.57. The Morgan fingerprint density at radius 2 is 1.65 bits per heavy atom. The highest BCUT2D eigenvalue weighted by molar-refractivity contribution is 6.41. The van der Waals surface area contributed by atoms with Crippen molar-refractivity contribution in [3.63, 3.8) is 0 Å². The van der Waals surface area contributed by atoms with Gasteiger partial charge in [-0.3, -0.25) is 4.79 Å². The standard InChI is InChI=1S/C15H21BN2O5/c19-14(6-7-16(21)22)17-8-10-18(11-9-17)15(20)23-12-13-4-2-1-3-5-13/h1-5,21-22H,6-12H2. The van der Waals surface area contributed by atoms with Crippen molar-refractivity contribution in [3.8, 4) is 0 Å². The van der Waals surface area contributed by atoms with Gasteiger partial charge < -0.3 is 24.6 Å². The molecule has 1 aromatic carbocycles. The van der Waals surface area contributed by atoms with Gasteiger partial charge >= 0.3 is 13.2 Å². The first kappa shape index (κ1) is 17.3. The lowest BCUT2D eigenvalue weighted by Crippen LogP contribution is -2.50. The molecule has 1 fully saturated rings. The predicted molar refractivity (Wildman–Crippen MR) is 84.4 cm³/mol. The second-order valence-corrected chi connectivity index (χ2v) is 5.43. The maximum Gasteiger partial charge on any atom is 0.451 e. The number of hydrogen-bond acceptors (Lipinski definition) is 5. The maximum absolute atomic E-state index is 12.0. The minimum absolute atomic E-state index is 0.0260. The van der Waals surface area contributed by atoms with Crippen LogP contribution in [0.5, 0.6) is 0 Å². The molecule has 8 heteroatoms. The highest BCUT2D eigenvalue weighted by Gasteiger charge is 2.25. The monoisotopic (exact) mass is 320 g/mol. The van der Waals surface area contributed by atoms with Crippen LogP contribution in [0, 0.1) is 0 Å². The molecule has 1 aromatic rings. The van der Waals surface area contributed by atoms with Crippen molar-refractivity contribution >= 4 is 19.1 Å². The molecule has 2 amide bonds. The van der Waals surface area contributed by atoms with E-state index < -0.39 is 7.12 Å². The third-order valence-corrected chi connectivity index (χ3v) is 3.71. The minimum atomic E-state index is -1.46. The second kappa shape index (κ2) is 8.54. The molecule has 1 heterocycles. The van der Waals surface area contributed by atoms with Crippen LogP contribution in [-0.4, -0.2) is 65.1 Å². The van der Waals surface area contributed by atoms with Gasteiger partial charge in [0.1, 0.15) is 6.61 Å². The fourth-order valence-electron chi connectivity index (χ4n) is 2.36. The van der Waals surface area contributed by atoms with E-state index in [0.717, 1.165) is 5.56 Å². The highest BCUT2D eigenvalue weighted by atomic mass is 16.6. The fraction of sp³-hybridized carbons (Fsp3) is 0.467. The molecule has 124 valence electrons. The first-order chi connectivity index (χ1) is 11.1. The van der Waals surface area contributed by atoms with Gasteiger partial charge in [0.15, 0.2) is 0 Å². The average molecular weight is 320 g/mol. The van der Waals surface area contributed by atoms with Crippen LogP contribution in [0.2, 0.25) is 6.32 Å². The van der Waals surface area contributed by atoms with Crippen molar-refractivity contribution in [1.29, 1.82) is 0 Å². The van der Waals surface area contributed by atoms with Gasteiger partial charge in [-0.2, -0.15) is 0 Å². The van der Waals surface area contributed by atoms with E-state index in [4.69, 9.17) is 14.8 Å². The van der Waals surface area contributed by atoms with Gasteiger partial charge in [-0.15, -0.1) is 0 Å². The Morgan fingerprint density at radius 3 is 2.26 bits per heavy atom. The Morgan fingerprint density at radius 1 is 1.04 bits per heavy atom. The number of piperazine rings is 1. The Labute approximate surface area is 135 Å². The summed E-state index contributed by atoms with van der Waals surface area (Å²) in [6.45, 7) is 1.93. The summed E-state index contributed by atoms with van der Waals surface area (Å²) in [4.78, 5) is 27.1. The van der Waals surface area contributed by atoms with E-state index in [0.29, 0.717) is 26.2 Å². The molecule has 0 unspecified atom stereocenters. The lowest BCUT2D eigenvalue weighted by Gasteiger charge is -2.34. The molecule has 23 heavy (non-hydrogen) atoms. The number of benzene rings is 1. The van der Waals surface area contributed by atoms with Gasteiger partial charge in [-0.1, -0.05) is 30.3 Å². The number of ether oxygens (including phenoxy) is 1. The van der Waals surface area contributed by atoms with Crippen molar-refractivity contribution in [2.45, 2.75) is 19.3 Å². The maximum atomic E-state index is 12.0. The number of amides is 2. The van der Waals surface area contributed by atoms with Crippen molar-refractivity contribution in [2.75, 3.05) is 26.2 Å². The molecular weight excluding hydrogens is 299 g/mol. The smallest absolute Gasteiger partial charge is 0.445 e. The number of nitrogens with zero attached hydrogens (tertiary/aromatic N) is 2. The van der Waals surface area contributed by atoms with Crippen LogP contribution in [0.3, 0.4) is 0 Å². The summed E-state index contributed by atoms with van der Waals surface area (Å²) in [7, 11) is -1.46. The highest BCUT2D eigenvalue weighted by Crippen LogP contribution is 2.09. The molecule has 2 N–H and O–H groups in total. The molecule has 0 radical (unpaired) electrons. The first-order valence-electron chi connectivity index (χ1n) is 7.66. The molecular formula is C15H21BN2O5. The van der Waals surface area contributed by atoms with E-state index in [9.17, 15) is 9.59 Å².